The third-order valence-corrected chi connectivity index (χ3v) is 7.42. The van der Waals surface area contributed by atoms with Gasteiger partial charge in [0.25, 0.3) is 0 Å². The van der Waals surface area contributed by atoms with Crippen LogP contribution in [0.15, 0.2) is 0 Å². The standard InChI is InChI=1S/C19H35N3/c1-3-16-17(13-8-6-5-7-9-13)18-14-12-20-11-10-15(14)21-19(18)22(16)4-2/h13-21H,3-12H2,1-2H3. The zero-order chi connectivity index (χ0) is 15.1. The second kappa shape index (κ2) is 6.41. The van der Waals surface area contributed by atoms with Crippen molar-refractivity contribution in [2.75, 3.05) is 19.6 Å². The van der Waals surface area contributed by atoms with Crippen molar-refractivity contribution >= 4 is 0 Å². The minimum absolute atomic E-state index is 0.678. The maximum Gasteiger partial charge on any atom is 0.0637 e. The van der Waals surface area contributed by atoms with E-state index in [1.807, 2.05) is 0 Å². The minimum atomic E-state index is 0.678. The fraction of sp³-hybridized carbons (Fsp3) is 1.00. The molecule has 0 radical (unpaired) electrons. The number of nitrogens with one attached hydrogen (secondary N) is 2. The lowest BCUT2D eigenvalue weighted by Gasteiger charge is -2.39. The molecule has 4 fully saturated rings. The van der Waals surface area contributed by atoms with Crippen molar-refractivity contribution in [3.8, 4) is 0 Å². The molecule has 3 aliphatic heterocycles. The maximum atomic E-state index is 4.08. The zero-order valence-corrected chi connectivity index (χ0v) is 14.6. The van der Waals surface area contributed by atoms with Crippen LogP contribution in [0.4, 0.5) is 0 Å². The predicted octanol–water partition coefficient (Wildman–Crippen LogP) is 2.82. The van der Waals surface area contributed by atoms with Gasteiger partial charge in [0.2, 0.25) is 0 Å². The minimum Gasteiger partial charge on any atom is -0.316 e. The third-order valence-electron chi connectivity index (χ3n) is 7.42. The Morgan fingerprint density at radius 2 is 1.82 bits per heavy atom. The van der Waals surface area contributed by atoms with Crippen molar-refractivity contribution in [2.45, 2.75) is 77.0 Å². The number of fused-ring (bicyclic) bond motifs is 3. The van der Waals surface area contributed by atoms with Crippen LogP contribution in [0.3, 0.4) is 0 Å². The Hall–Kier alpha value is -0.120. The summed E-state index contributed by atoms with van der Waals surface area (Å²) in [6.45, 7) is 8.51. The quantitative estimate of drug-likeness (QED) is 0.839. The largest absolute Gasteiger partial charge is 0.316 e. The molecule has 3 saturated heterocycles. The van der Waals surface area contributed by atoms with Gasteiger partial charge in [-0.15, -0.1) is 0 Å². The van der Waals surface area contributed by atoms with Crippen LogP contribution in [-0.2, 0) is 0 Å². The predicted molar refractivity (Wildman–Crippen MR) is 91.7 cm³/mol. The summed E-state index contributed by atoms with van der Waals surface area (Å²) in [6, 6.07) is 1.62. The molecule has 0 amide bonds. The van der Waals surface area contributed by atoms with E-state index in [9.17, 15) is 0 Å². The normalized spacial score (nSPS) is 46.6. The van der Waals surface area contributed by atoms with Crippen molar-refractivity contribution in [3.63, 3.8) is 0 Å². The Balaban J connectivity index is 1.63. The molecule has 0 aromatic rings. The van der Waals surface area contributed by atoms with Crippen LogP contribution in [0.2, 0.25) is 0 Å². The van der Waals surface area contributed by atoms with E-state index in [0.29, 0.717) is 6.17 Å². The van der Waals surface area contributed by atoms with E-state index in [4.69, 9.17) is 0 Å². The summed E-state index contributed by atoms with van der Waals surface area (Å²) in [7, 11) is 0. The topological polar surface area (TPSA) is 27.3 Å². The second-order valence-electron chi connectivity index (χ2n) is 8.23. The van der Waals surface area contributed by atoms with Gasteiger partial charge in [0.1, 0.15) is 0 Å². The number of nitrogens with zero attached hydrogens (tertiary/aromatic N) is 1. The Kier molecular flexibility index (Phi) is 4.49. The first-order valence-corrected chi connectivity index (χ1v) is 10.1. The van der Waals surface area contributed by atoms with E-state index >= 15 is 0 Å². The van der Waals surface area contributed by atoms with E-state index in [1.165, 1.54) is 64.6 Å². The fourth-order valence-electron chi connectivity index (χ4n) is 6.64. The molecule has 4 aliphatic rings. The molecule has 1 aliphatic carbocycles. The number of hydrogen-bond donors (Lipinski definition) is 2. The van der Waals surface area contributed by atoms with Crippen molar-refractivity contribution in [3.05, 3.63) is 0 Å². The highest BCUT2D eigenvalue weighted by atomic mass is 15.4. The van der Waals surface area contributed by atoms with Gasteiger partial charge in [-0.3, -0.25) is 10.2 Å². The molecule has 3 heterocycles. The van der Waals surface area contributed by atoms with Crippen molar-refractivity contribution < 1.29 is 0 Å². The number of piperidine rings is 1. The second-order valence-corrected chi connectivity index (χ2v) is 8.23. The lowest BCUT2D eigenvalue weighted by Crippen LogP contribution is -2.49. The molecule has 22 heavy (non-hydrogen) atoms. The molecular formula is C19H35N3. The summed E-state index contributed by atoms with van der Waals surface area (Å²) < 4.78 is 0. The van der Waals surface area contributed by atoms with Gasteiger partial charge in [-0.05, 0) is 56.1 Å². The molecule has 126 valence electrons. The molecule has 6 unspecified atom stereocenters. The molecule has 0 bridgehead atoms. The van der Waals surface area contributed by atoms with Crippen LogP contribution in [-0.4, -0.2) is 42.8 Å². The average Bonchev–Trinajstić information content (AvgIpc) is 3.08. The van der Waals surface area contributed by atoms with Crippen molar-refractivity contribution in [1.82, 2.24) is 15.5 Å². The highest BCUT2D eigenvalue weighted by molar-refractivity contribution is 5.10. The molecule has 1 saturated carbocycles. The van der Waals surface area contributed by atoms with Crippen LogP contribution < -0.4 is 10.6 Å². The summed E-state index contributed by atoms with van der Waals surface area (Å²) >= 11 is 0. The van der Waals surface area contributed by atoms with Crippen LogP contribution in [0, 0.1) is 23.7 Å². The number of hydrogen-bond acceptors (Lipinski definition) is 3. The molecule has 2 N–H and O–H groups in total. The molecule has 3 nitrogen and oxygen atoms in total. The average molecular weight is 306 g/mol. The summed E-state index contributed by atoms with van der Waals surface area (Å²) in [5.41, 5.74) is 0. The first kappa shape index (κ1) is 15.4. The summed E-state index contributed by atoms with van der Waals surface area (Å²) in [4.78, 5) is 2.85. The monoisotopic (exact) mass is 305 g/mol. The summed E-state index contributed by atoms with van der Waals surface area (Å²) in [6.07, 6.45) is 10.8. The Labute approximate surface area is 136 Å². The maximum absolute atomic E-state index is 4.08. The fourth-order valence-corrected chi connectivity index (χ4v) is 6.64. The van der Waals surface area contributed by atoms with Crippen molar-refractivity contribution in [2.24, 2.45) is 23.7 Å². The Bertz CT molecular complexity index is 379. The van der Waals surface area contributed by atoms with Gasteiger partial charge < -0.3 is 5.32 Å². The summed E-state index contributed by atoms with van der Waals surface area (Å²) in [5, 5.41) is 7.77. The lowest BCUT2D eigenvalue weighted by atomic mass is 9.68. The summed E-state index contributed by atoms with van der Waals surface area (Å²) in [5.74, 6) is 3.75. The highest BCUT2D eigenvalue weighted by Gasteiger charge is 2.58. The first-order valence-electron chi connectivity index (χ1n) is 10.1. The molecule has 0 spiro atoms. The van der Waals surface area contributed by atoms with Gasteiger partial charge in [0.05, 0.1) is 6.17 Å². The molecule has 0 aromatic carbocycles. The molecule has 3 heteroatoms. The molecule has 6 atom stereocenters. The lowest BCUT2D eigenvalue weighted by molar-refractivity contribution is 0.113. The van der Waals surface area contributed by atoms with E-state index < -0.39 is 0 Å². The van der Waals surface area contributed by atoms with E-state index in [-0.39, 0.29) is 0 Å². The van der Waals surface area contributed by atoms with Crippen LogP contribution in [0.5, 0.6) is 0 Å². The van der Waals surface area contributed by atoms with Gasteiger partial charge in [-0.1, -0.05) is 46.0 Å². The van der Waals surface area contributed by atoms with Crippen LogP contribution in [0.1, 0.15) is 58.8 Å². The smallest absolute Gasteiger partial charge is 0.0637 e. The molecule has 0 aromatic heterocycles. The Morgan fingerprint density at radius 3 is 2.55 bits per heavy atom. The third kappa shape index (κ3) is 2.35. The Morgan fingerprint density at radius 1 is 1.00 bits per heavy atom. The first-order chi connectivity index (χ1) is 10.8. The SMILES string of the molecule is CCC1C(C2CCCCC2)C2C3CNCCC3NC2N1CC. The van der Waals surface area contributed by atoms with Crippen molar-refractivity contribution in [1.29, 1.82) is 0 Å². The number of rotatable bonds is 3. The van der Waals surface area contributed by atoms with E-state index in [0.717, 1.165) is 35.8 Å². The molecular weight excluding hydrogens is 270 g/mol. The molecule has 4 rings (SSSR count). The highest BCUT2D eigenvalue weighted by Crippen LogP contribution is 2.51. The van der Waals surface area contributed by atoms with E-state index in [1.54, 1.807) is 0 Å². The van der Waals surface area contributed by atoms with Gasteiger partial charge in [0.15, 0.2) is 0 Å². The van der Waals surface area contributed by atoms with Gasteiger partial charge in [-0.2, -0.15) is 0 Å². The van der Waals surface area contributed by atoms with E-state index in [2.05, 4.69) is 29.4 Å². The van der Waals surface area contributed by atoms with Crippen LogP contribution >= 0.6 is 0 Å². The van der Waals surface area contributed by atoms with Crippen LogP contribution in [0.25, 0.3) is 0 Å². The van der Waals surface area contributed by atoms with Gasteiger partial charge >= 0.3 is 0 Å². The van der Waals surface area contributed by atoms with Gasteiger partial charge in [0, 0.05) is 12.1 Å². The zero-order valence-electron chi connectivity index (χ0n) is 14.6. The van der Waals surface area contributed by atoms with Gasteiger partial charge in [-0.25, -0.2) is 0 Å². The number of likely N-dealkylation sites (tertiary alicyclic amines) is 1.